The van der Waals surface area contributed by atoms with E-state index in [1.807, 2.05) is 7.05 Å². The van der Waals surface area contributed by atoms with E-state index in [-0.39, 0.29) is 5.91 Å². The zero-order valence-corrected chi connectivity index (χ0v) is 9.79. The van der Waals surface area contributed by atoms with Gasteiger partial charge in [-0.15, -0.1) is 0 Å². The molecule has 0 heterocycles. The van der Waals surface area contributed by atoms with Gasteiger partial charge in [-0.05, 0) is 19.9 Å². The van der Waals surface area contributed by atoms with Crippen molar-refractivity contribution >= 4 is 5.91 Å². The maximum absolute atomic E-state index is 11.5. The second-order valence-electron chi connectivity index (χ2n) is 4.20. The van der Waals surface area contributed by atoms with E-state index in [9.17, 15) is 4.79 Å². The minimum Gasteiger partial charge on any atom is -0.383 e. The average molecular weight is 214 g/mol. The number of ether oxygens (including phenoxy) is 1. The topological polar surface area (TPSA) is 41.6 Å². The predicted molar refractivity (Wildman–Crippen MR) is 59.8 cm³/mol. The number of nitrogens with zero attached hydrogens (tertiary/aromatic N) is 1. The lowest BCUT2D eigenvalue weighted by Crippen LogP contribution is -2.40. The Morgan fingerprint density at radius 2 is 2.13 bits per heavy atom. The van der Waals surface area contributed by atoms with Crippen LogP contribution in [-0.2, 0) is 9.53 Å². The summed E-state index contributed by atoms with van der Waals surface area (Å²) < 4.78 is 4.87. The summed E-state index contributed by atoms with van der Waals surface area (Å²) in [6, 6.07) is 0.609. The van der Waals surface area contributed by atoms with Crippen molar-refractivity contribution in [3.8, 4) is 0 Å². The maximum Gasteiger partial charge on any atom is 0.234 e. The molecule has 1 aliphatic carbocycles. The second kappa shape index (κ2) is 6.80. The fraction of sp³-hybridized carbons (Fsp3) is 0.909. The lowest BCUT2D eigenvalue weighted by Gasteiger charge is -2.23. The van der Waals surface area contributed by atoms with E-state index in [1.165, 1.54) is 25.7 Å². The third-order valence-corrected chi connectivity index (χ3v) is 2.97. The summed E-state index contributed by atoms with van der Waals surface area (Å²) in [5, 5.41) is 2.83. The predicted octanol–water partition coefficient (Wildman–Crippen LogP) is 0.623. The van der Waals surface area contributed by atoms with Crippen LogP contribution in [0.2, 0.25) is 0 Å². The lowest BCUT2D eigenvalue weighted by atomic mass is 10.2. The van der Waals surface area contributed by atoms with Gasteiger partial charge in [-0.1, -0.05) is 12.8 Å². The van der Waals surface area contributed by atoms with Gasteiger partial charge >= 0.3 is 0 Å². The van der Waals surface area contributed by atoms with Gasteiger partial charge in [0.2, 0.25) is 5.91 Å². The molecule has 0 atom stereocenters. The smallest absolute Gasteiger partial charge is 0.234 e. The van der Waals surface area contributed by atoms with Gasteiger partial charge in [0.25, 0.3) is 0 Å². The Morgan fingerprint density at radius 3 is 2.73 bits per heavy atom. The highest BCUT2D eigenvalue weighted by atomic mass is 16.5. The SMILES string of the molecule is COCCNC(=O)CN(C)C1CCCC1. The van der Waals surface area contributed by atoms with Crippen LogP contribution in [0.5, 0.6) is 0 Å². The van der Waals surface area contributed by atoms with Gasteiger partial charge in [0.1, 0.15) is 0 Å². The molecular formula is C11H22N2O2. The standard InChI is InChI=1S/C11H22N2O2/c1-13(10-5-3-4-6-10)9-11(14)12-7-8-15-2/h10H,3-9H2,1-2H3,(H,12,14). The number of methoxy groups -OCH3 is 1. The summed E-state index contributed by atoms with van der Waals surface area (Å²) in [5.74, 6) is 0.0986. The molecule has 0 aromatic carbocycles. The van der Waals surface area contributed by atoms with Gasteiger partial charge in [0, 0.05) is 19.7 Å². The highest BCUT2D eigenvalue weighted by Gasteiger charge is 2.20. The molecule has 4 nitrogen and oxygen atoms in total. The van der Waals surface area contributed by atoms with Crippen molar-refractivity contribution in [2.45, 2.75) is 31.7 Å². The third-order valence-electron chi connectivity index (χ3n) is 2.97. The molecule has 1 rings (SSSR count). The van der Waals surface area contributed by atoms with Crippen LogP contribution in [0.4, 0.5) is 0 Å². The Kier molecular flexibility index (Phi) is 5.65. The molecule has 0 aromatic heterocycles. The van der Waals surface area contributed by atoms with E-state index >= 15 is 0 Å². The molecule has 1 aliphatic rings. The van der Waals surface area contributed by atoms with Crippen molar-refractivity contribution < 1.29 is 9.53 Å². The van der Waals surface area contributed by atoms with Crippen LogP contribution in [0.1, 0.15) is 25.7 Å². The Balaban J connectivity index is 2.13. The monoisotopic (exact) mass is 214 g/mol. The molecule has 1 N–H and O–H groups in total. The number of amides is 1. The van der Waals surface area contributed by atoms with Crippen molar-refractivity contribution in [3.63, 3.8) is 0 Å². The van der Waals surface area contributed by atoms with Crippen LogP contribution in [0.25, 0.3) is 0 Å². The molecule has 1 fully saturated rings. The molecule has 0 radical (unpaired) electrons. The van der Waals surface area contributed by atoms with E-state index in [4.69, 9.17) is 4.74 Å². The summed E-state index contributed by atoms with van der Waals surface area (Å²) in [6.07, 6.45) is 5.09. The maximum atomic E-state index is 11.5. The minimum absolute atomic E-state index is 0.0986. The average Bonchev–Trinajstić information content (AvgIpc) is 2.70. The van der Waals surface area contributed by atoms with E-state index in [0.717, 1.165) is 0 Å². The molecule has 15 heavy (non-hydrogen) atoms. The first-order chi connectivity index (χ1) is 7.24. The number of hydrogen-bond acceptors (Lipinski definition) is 3. The molecule has 0 unspecified atom stereocenters. The van der Waals surface area contributed by atoms with Gasteiger partial charge in [-0.3, -0.25) is 9.69 Å². The van der Waals surface area contributed by atoms with Crippen LogP contribution >= 0.6 is 0 Å². The summed E-state index contributed by atoms with van der Waals surface area (Å²) in [5.41, 5.74) is 0. The molecule has 0 aromatic rings. The van der Waals surface area contributed by atoms with Crippen molar-refractivity contribution in [1.82, 2.24) is 10.2 Å². The first kappa shape index (κ1) is 12.5. The molecule has 0 bridgehead atoms. The first-order valence-electron chi connectivity index (χ1n) is 5.70. The Morgan fingerprint density at radius 1 is 1.47 bits per heavy atom. The Bertz CT molecular complexity index is 191. The fourth-order valence-corrected chi connectivity index (χ4v) is 2.05. The molecule has 88 valence electrons. The van der Waals surface area contributed by atoms with Gasteiger partial charge < -0.3 is 10.1 Å². The molecule has 4 heteroatoms. The van der Waals surface area contributed by atoms with Crippen molar-refractivity contribution in [2.24, 2.45) is 0 Å². The molecule has 0 saturated heterocycles. The summed E-state index contributed by atoms with van der Waals surface area (Å²) in [7, 11) is 3.67. The number of likely N-dealkylation sites (N-methyl/N-ethyl adjacent to an activating group) is 1. The molecule has 1 amide bonds. The number of carbonyl (C=O) groups is 1. The molecule has 0 spiro atoms. The van der Waals surface area contributed by atoms with Crippen LogP contribution in [-0.4, -0.2) is 50.7 Å². The Labute approximate surface area is 92.0 Å². The van der Waals surface area contributed by atoms with Gasteiger partial charge in [-0.2, -0.15) is 0 Å². The van der Waals surface area contributed by atoms with Crippen molar-refractivity contribution in [3.05, 3.63) is 0 Å². The number of carbonyl (C=O) groups excluding carboxylic acids is 1. The van der Waals surface area contributed by atoms with Crippen LogP contribution in [0.3, 0.4) is 0 Å². The summed E-state index contributed by atoms with van der Waals surface area (Å²) in [6.45, 7) is 1.70. The van der Waals surface area contributed by atoms with Gasteiger partial charge in [-0.25, -0.2) is 0 Å². The molecular weight excluding hydrogens is 192 g/mol. The number of hydrogen-bond donors (Lipinski definition) is 1. The van der Waals surface area contributed by atoms with Crippen LogP contribution in [0.15, 0.2) is 0 Å². The van der Waals surface area contributed by atoms with Gasteiger partial charge in [0.05, 0.1) is 13.2 Å². The van der Waals surface area contributed by atoms with E-state index < -0.39 is 0 Å². The first-order valence-corrected chi connectivity index (χ1v) is 5.70. The lowest BCUT2D eigenvalue weighted by molar-refractivity contribution is -0.122. The van der Waals surface area contributed by atoms with Gasteiger partial charge in [0.15, 0.2) is 0 Å². The number of rotatable bonds is 6. The number of nitrogens with one attached hydrogen (secondary N) is 1. The highest BCUT2D eigenvalue weighted by molar-refractivity contribution is 5.77. The second-order valence-corrected chi connectivity index (χ2v) is 4.20. The van der Waals surface area contributed by atoms with E-state index in [2.05, 4.69) is 10.2 Å². The normalized spacial score (nSPS) is 17.3. The third kappa shape index (κ3) is 4.62. The highest BCUT2D eigenvalue weighted by Crippen LogP contribution is 2.21. The Hall–Kier alpha value is -0.610. The summed E-state index contributed by atoms with van der Waals surface area (Å²) in [4.78, 5) is 13.6. The minimum atomic E-state index is 0.0986. The fourth-order valence-electron chi connectivity index (χ4n) is 2.05. The molecule has 0 aliphatic heterocycles. The van der Waals surface area contributed by atoms with Crippen LogP contribution in [0, 0.1) is 0 Å². The van der Waals surface area contributed by atoms with E-state index in [0.29, 0.717) is 25.7 Å². The van der Waals surface area contributed by atoms with Crippen molar-refractivity contribution in [1.29, 1.82) is 0 Å². The van der Waals surface area contributed by atoms with Crippen LogP contribution < -0.4 is 5.32 Å². The zero-order chi connectivity index (χ0) is 11.1. The zero-order valence-electron chi connectivity index (χ0n) is 9.79. The summed E-state index contributed by atoms with van der Waals surface area (Å²) >= 11 is 0. The quantitative estimate of drug-likeness (QED) is 0.659. The molecule has 1 saturated carbocycles. The largest absolute Gasteiger partial charge is 0.383 e. The van der Waals surface area contributed by atoms with Crippen molar-refractivity contribution in [2.75, 3.05) is 33.9 Å². The van der Waals surface area contributed by atoms with E-state index in [1.54, 1.807) is 7.11 Å².